The lowest BCUT2D eigenvalue weighted by Gasteiger charge is -2.24. The fourth-order valence-electron chi connectivity index (χ4n) is 5.04. The lowest BCUT2D eigenvalue weighted by Crippen LogP contribution is -2.36. The Balaban J connectivity index is 0.00000215. The molecule has 3 aromatic rings. The lowest BCUT2D eigenvalue weighted by molar-refractivity contribution is -0.286. The van der Waals surface area contributed by atoms with E-state index in [1.54, 1.807) is 12.1 Å². The van der Waals surface area contributed by atoms with Gasteiger partial charge in [0.25, 0.3) is 0 Å². The van der Waals surface area contributed by atoms with E-state index in [1.807, 2.05) is 43.5 Å². The van der Waals surface area contributed by atoms with Crippen molar-refractivity contribution in [1.29, 1.82) is 0 Å². The summed E-state index contributed by atoms with van der Waals surface area (Å²) in [5, 5.41) is 14.5. The molecule has 0 spiro atoms. The number of aliphatic hydroxyl groups excluding tert-OH is 1. The summed E-state index contributed by atoms with van der Waals surface area (Å²) in [7, 11) is -3.43. The number of aromatic nitrogens is 1. The van der Waals surface area contributed by atoms with Gasteiger partial charge < -0.3 is 24.5 Å². The molecule has 5 rings (SSSR count). The Hall–Kier alpha value is -3.22. The number of halogens is 2. The van der Waals surface area contributed by atoms with Crippen LogP contribution >= 0.6 is 0 Å². The molecule has 2 heterocycles. The average Bonchev–Trinajstić information content (AvgIpc) is 3.51. The van der Waals surface area contributed by atoms with Crippen LogP contribution in [0.15, 0.2) is 42.5 Å². The average molecular weight is 584 g/mol. The van der Waals surface area contributed by atoms with E-state index in [9.17, 15) is 27.1 Å². The maximum absolute atomic E-state index is 13.5. The lowest BCUT2D eigenvalue weighted by atomic mass is 9.92. The van der Waals surface area contributed by atoms with Gasteiger partial charge in [0, 0.05) is 38.5 Å². The normalized spacial score (nSPS) is 18.1. The Morgan fingerprint density at radius 2 is 1.82 bits per heavy atom. The zero-order valence-corrected chi connectivity index (χ0v) is 23.6. The molecule has 1 aliphatic heterocycles. The summed E-state index contributed by atoms with van der Waals surface area (Å²) in [5.74, 6) is -0.474. The van der Waals surface area contributed by atoms with Crippen molar-refractivity contribution < 1.29 is 40.9 Å². The highest BCUT2D eigenvalue weighted by Gasteiger charge is 2.52. The maximum atomic E-state index is 13.5. The van der Waals surface area contributed by atoms with Gasteiger partial charge in [0.05, 0.1) is 23.8 Å². The molecule has 1 aliphatic carbocycles. The van der Waals surface area contributed by atoms with E-state index in [-0.39, 0.29) is 45.9 Å². The molecule has 222 valence electrons. The van der Waals surface area contributed by atoms with Crippen molar-refractivity contribution >= 4 is 32.5 Å². The molecule has 2 aliphatic rings. The minimum atomic E-state index is -3.72. The highest BCUT2D eigenvalue weighted by atomic mass is 32.2. The van der Waals surface area contributed by atoms with Crippen LogP contribution in [-0.2, 0) is 32.2 Å². The number of hydrogen-bond donors (Lipinski definition) is 3. The van der Waals surface area contributed by atoms with E-state index in [2.05, 4.69) is 19.5 Å². The van der Waals surface area contributed by atoms with Crippen LogP contribution in [0.3, 0.4) is 0 Å². The van der Waals surface area contributed by atoms with Crippen molar-refractivity contribution in [2.24, 2.45) is 0 Å². The molecule has 0 bridgehead atoms. The molecule has 0 saturated heterocycles. The molecular weight excluding hydrogens is 544 g/mol. The number of carbonyl (C=O) groups excluding carboxylic acids is 1. The second-order valence-electron chi connectivity index (χ2n) is 11.4. The number of nitrogens with zero attached hydrogens (tertiary/aromatic N) is 1. The van der Waals surface area contributed by atoms with Crippen LogP contribution in [0.4, 0.5) is 14.5 Å². The van der Waals surface area contributed by atoms with Crippen molar-refractivity contribution in [2.45, 2.75) is 70.3 Å². The molecular formula is C28H39F2N3O6S. The summed E-state index contributed by atoms with van der Waals surface area (Å²) < 4.78 is 64.0. The van der Waals surface area contributed by atoms with Crippen molar-refractivity contribution in [2.75, 3.05) is 17.6 Å². The van der Waals surface area contributed by atoms with Gasteiger partial charge in [-0.1, -0.05) is 26.8 Å². The van der Waals surface area contributed by atoms with Crippen LogP contribution in [0.5, 0.6) is 11.5 Å². The van der Waals surface area contributed by atoms with E-state index in [0.717, 1.165) is 16.6 Å². The summed E-state index contributed by atoms with van der Waals surface area (Å²) in [6, 6.07) is 11.9. The Morgan fingerprint density at radius 1 is 1.12 bits per heavy atom. The van der Waals surface area contributed by atoms with Gasteiger partial charge in [-0.25, -0.2) is 13.1 Å². The van der Waals surface area contributed by atoms with Crippen molar-refractivity contribution in [3.8, 4) is 11.5 Å². The number of anilines is 1. The third kappa shape index (κ3) is 5.52. The van der Waals surface area contributed by atoms with Crippen LogP contribution in [0.25, 0.3) is 10.9 Å². The topological polar surface area (TPSA) is 119 Å². The van der Waals surface area contributed by atoms with E-state index in [1.165, 1.54) is 19.1 Å². The van der Waals surface area contributed by atoms with Gasteiger partial charge in [0.1, 0.15) is 0 Å². The highest BCUT2D eigenvalue weighted by Crippen LogP contribution is 2.52. The Labute approximate surface area is 236 Å². The molecule has 1 fully saturated rings. The summed E-state index contributed by atoms with van der Waals surface area (Å²) in [4.78, 5) is 13.4. The van der Waals surface area contributed by atoms with Gasteiger partial charge in [-0.05, 0) is 61.7 Å². The molecule has 3 N–H and O–H groups in total. The van der Waals surface area contributed by atoms with E-state index in [0.29, 0.717) is 24.1 Å². The number of fused-ring (bicyclic) bond motifs is 2. The van der Waals surface area contributed by atoms with Crippen LogP contribution in [-0.4, -0.2) is 48.7 Å². The van der Waals surface area contributed by atoms with E-state index in [4.69, 9.17) is 0 Å². The van der Waals surface area contributed by atoms with E-state index >= 15 is 0 Å². The van der Waals surface area contributed by atoms with Crippen LogP contribution < -0.4 is 19.5 Å². The van der Waals surface area contributed by atoms with Crippen molar-refractivity contribution in [1.82, 2.24) is 9.29 Å². The Bertz CT molecular complexity index is 1590. The number of sulfonamides is 1. The predicted molar refractivity (Wildman–Crippen MR) is 153 cm³/mol. The molecule has 1 amide bonds. The number of ether oxygens (including phenoxy) is 2. The number of hydrogen-bond acceptors (Lipinski definition) is 6. The number of alkyl halides is 2. The van der Waals surface area contributed by atoms with Gasteiger partial charge in [0.2, 0.25) is 15.9 Å². The number of benzene rings is 2. The molecule has 0 radical (unpaired) electrons. The fraction of sp³-hybridized carbons (Fsp3) is 0.464. The van der Waals surface area contributed by atoms with Gasteiger partial charge in [-0.3, -0.25) is 4.79 Å². The monoisotopic (exact) mass is 583 g/mol. The van der Waals surface area contributed by atoms with E-state index < -0.39 is 27.8 Å². The number of carbonyl (C=O) groups is 1. The van der Waals surface area contributed by atoms with Crippen molar-refractivity contribution in [3.05, 3.63) is 53.7 Å². The number of rotatable bonds is 9. The zero-order chi connectivity index (χ0) is 29.1. The first-order valence-corrected chi connectivity index (χ1v) is 14.8. The first-order chi connectivity index (χ1) is 18.6. The van der Waals surface area contributed by atoms with Crippen LogP contribution in [0, 0.1) is 0 Å². The number of amides is 1. The summed E-state index contributed by atoms with van der Waals surface area (Å²) in [6.45, 7) is 7.75. The first kappa shape index (κ1) is 28.3. The second kappa shape index (κ2) is 9.71. The first-order valence-electron chi connectivity index (χ1n) is 13.1. The standard InChI is InChI=1S/C28H33F2N3O6S.3H2/c1-5-40(36,37)31-15-20(34)16-33-21-8-7-19(12-17(21)13-24(33)26(2,3)4)32-25(35)27(10-11-27)18-6-9-22-23(14-18)39-28(29,30)38-22;;;/h6-9,12-14,20,31,34H,5,10-11,15-16H2,1-4H3,(H,32,35);3*1H/t20-;;;/m0.../s1. The summed E-state index contributed by atoms with van der Waals surface area (Å²) >= 11 is 0. The third-order valence-electron chi connectivity index (χ3n) is 7.38. The fourth-order valence-corrected chi connectivity index (χ4v) is 5.69. The van der Waals surface area contributed by atoms with Gasteiger partial charge >= 0.3 is 6.29 Å². The van der Waals surface area contributed by atoms with Gasteiger partial charge in [-0.15, -0.1) is 8.78 Å². The Morgan fingerprint density at radius 3 is 2.48 bits per heavy atom. The van der Waals surface area contributed by atoms with Crippen molar-refractivity contribution in [3.63, 3.8) is 0 Å². The third-order valence-corrected chi connectivity index (χ3v) is 8.74. The highest BCUT2D eigenvalue weighted by molar-refractivity contribution is 7.89. The van der Waals surface area contributed by atoms with Gasteiger partial charge in [0.15, 0.2) is 11.5 Å². The molecule has 9 nitrogen and oxygen atoms in total. The maximum Gasteiger partial charge on any atom is 0.586 e. The predicted octanol–water partition coefficient (Wildman–Crippen LogP) is 4.97. The quantitative estimate of drug-likeness (QED) is 0.327. The Kier molecular flexibility index (Phi) is 6.87. The number of aliphatic hydroxyl groups is 1. The molecule has 1 atom stereocenters. The largest absolute Gasteiger partial charge is 0.586 e. The molecule has 1 saturated carbocycles. The number of nitrogens with one attached hydrogen (secondary N) is 2. The molecule has 1 aromatic heterocycles. The molecule has 0 unspecified atom stereocenters. The molecule has 2 aromatic carbocycles. The second-order valence-corrected chi connectivity index (χ2v) is 13.5. The smallest absolute Gasteiger partial charge is 0.395 e. The SMILES string of the molecule is CCS(=O)(=O)NC[C@H](O)Cn1c(C(C)(C)C)cc2cc(NC(=O)C3(c4ccc5c(c4)OC(F)(F)O5)CC3)ccc21.[HH].[HH].[HH]. The van der Waals surface area contributed by atoms with Gasteiger partial charge in [-0.2, -0.15) is 0 Å². The minimum absolute atomic E-state index is 0. The summed E-state index contributed by atoms with van der Waals surface area (Å²) in [5.41, 5.74) is 1.81. The minimum Gasteiger partial charge on any atom is -0.395 e. The molecule has 12 heteroatoms. The van der Waals surface area contributed by atoms with Crippen LogP contribution in [0.2, 0.25) is 0 Å². The van der Waals surface area contributed by atoms with Crippen LogP contribution in [0.1, 0.15) is 56.1 Å². The molecule has 40 heavy (non-hydrogen) atoms. The summed E-state index contributed by atoms with van der Waals surface area (Å²) in [6.07, 6.45) is -3.53. The zero-order valence-electron chi connectivity index (χ0n) is 22.8.